The van der Waals surface area contributed by atoms with Crippen LogP contribution >= 0.6 is 0 Å². The summed E-state index contributed by atoms with van der Waals surface area (Å²) in [7, 11) is 0. The Kier molecular flexibility index (Phi) is 8.02. The maximum absolute atomic E-state index is 13.3. The summed E-state index contributed by atoms with van der Waals surface area (Å²) in [4.78, 5) is 26.6. The molecule has 0 aromatic carbocycles. The van der Waals surface area contributed by atoms with Crippen molar-refractivity contribution in [3.8, 4) is 0 Å². The van der Waals surface area contributed by atoms with Crippen molar-refractivity contribution in [3.05, 3.63) is 23.3 Å². The molecule has 1 aliphatic carbocycles. The number of allylic oxidation sites excluding steroid dienone is 4. The fourth-order valence-electron chi connectivity index (χ4n) is 4.33. The molecule has 0 aromatic heterocycles. The molecule has 2 aliphatic rings. The minimum atomic E-state index is -3.75. The molecule has 0 aromatic rings. The second-order valence-corrected chi connectivity index (χ2v) is 17.7. The van der Waals surface area contributed by atoms with E-state index in [-0.39, 0.29) is 23.8 Å². The molecule has 1 heterocycles. The van der Waals surface area contributed by atoms with Crippen molar-refractivity contribution in [3.63, 3.8) is 0 Å². The molecule has 4 unspecified atom stereocenters. The third kappa shape index (κ3) is 5.18. The van der Waals surface area contributed by atoms with Gasteiger partial charge in [0.15, 0.2) is 0 Å². The molecule has 1 fully saturated rings. The molecule has 27 heavy (non-hydrogen) atoms. The van der Waals surface area contributed by atoms with Crippen LogP contribution in [0.2, 0.25) is 8.87 Å². The van der Waals surface area contributed by atoms with Gasteiger partial charge in [-0.05, 0) is 0 Å². The van der Waals surface area contributed by atoms with Crippen molar-refractivity contribution in [1.82, 2.24) is 0 Å². The Morgan fingerprint density at radius 3 is 2.04 bits per heavy atom. The third-order valence-electron chi connectivity index (χ3n) is 5.98. The van der Waals surface area contributed by atoms with Gasteiger partial charge in [-0.1, -0.05) is 0 Å². The van der Waals surface area contributed by atoms with Gasteiger partial charge in [0.1, 0.15) is 0 Å². The Labute approximate surface area is 169 Å². The zero-order valence-electron chi connectivity index (χ0n) is 17.8. The molecule has 0 spiro atoms. The molecule has 152 valence electrons. The van der Waals surface area contributed by atoms with Gasteiger partial charge in [0.05, 0.1) is 0 Å². The molecule has 0 bridgehead atoms. The van der Waals surface area contributed by atoms with Gasteiger partial charge in [-0.25, -0.2) is 0 Å². The van der Waals surface area contributed by atoms with Crippen molar-refractivity contribution >= 4 is 31.1 Å². The van der Waals surface area contributed by atoms with Crippen molar-refractivity contribution in [1.29, 1.82) is 0 Å². The van der Waals surface area contributed by atoms with Crippen LogP contribution in [0, 0.1) is 23.7 Å². The van der Waals surface area contributed by atoms with Crippen LogP contribution in [0.25, 0.3) is 0 Å². The van der Waals surface area contributed by atoms with E-state index in [4.69, 9.17) is 6.15 Å². The van der Waals surface area contributed by atoms with Gasteiger partial charge in [-0.15, -0.1) is 0 Å². The number of fused-ring (bicyclic) bond motifs is 1. The van der Waals surface area contributed by atoms with Crippen LogP contribution in [0.1, 0.15) is 67.2 Å². The average Bonchev–Trinajstić information content (AvgIpc) is 2.70. The topological polar surface area (TPSA) is 52.6 Å². The molecule has 0 N–H and O–H groups in total. The van der Waals surface area contributed by atoms with Crippen molar-refractivity contribution < 1.29 is 15.7 Å². The second kappa shape index (κ2) is 9.62. The second-order valence-electron chi connectivity index (χ2n) is 8.53. The van der Waals surface area contributed by atoms with Gasteiger partial charge < -0.3 is 0 Å². The SMILES string of the molecule is CCC[CH2][Sn]1([CH2]CCC)[O]C(=O)C2C(C=C(C)C)C=C(C)C(C)C2C(=O)[O]1. The number of carbonyl (C=O) groups excluding carboxylic acids is 2. The quantitative estimate of drug-likeness (QED) is 0.353. The molecule has 4 nitrogen and oxygen atoms in total. The van der Waals surface area contributed by atoms with Crippen molar-refractivity contribution in [2.45, 2.75) is 76.1 Å². The van der Waals surface area contributed by atoms with Crippen molar-refractivity contribution in [2.75, 3.05) is 0 Å². The monoisotopic (exact) mass is 484 g/mol. The third-order valence-corrected chi connectivity index (χ3v) is 15.6. The van der Waals surface area contributed by atoms with Crippen LogP contribution in [0.5, 0.6) is 0 Å². The van der Waals surface area contributed by atoms with Gasteiger partial charge in [0.25, 0.3) is 0 Å². The van der Waals surface area contributed by atoms with E-state index in [0.717, 1.165) is 45.7 Å². The van der Waals surface area contributed by atoms with E-state index in [9.17, 15) is 9.59 Å². The molecular formula is C22H36O4Sn. The predicted octanol–water partition coefficient (Wildman–Crippen LogP) is 5.54. The number of hydrogen-bond donors (Lipinski definition) is 0. The van der Waals surface area contributed by atoms with E-state index in [1.165, 1.54) is 0 Å². The molecule has 0 radical (unpaired) electrons. The van der Waals surface area contributed by atoms with Gasteiger partial charge in [0, 0.05) is 0 Å². The summed E-state index contributed by atoms with van der Waals surface area (Å²) in [6, 6.07) is 0. The molecule has 4 atom stereocenters. The summed E-state index contributed by atoms with van der Waals surface area (Å²) in [6.07, 6.45) is 8.20. The predicted molar refractivity (Wildman–Crippen MR) is 110 cm³/mol. The summed E-state index contributed by atoms with van der Waals surface area (Å²) >= 11 is -3.75. The Morgan fingerprint density at radius 2 is 1.56 bits per heavy atom. The Hall–Kier alpha value is -0.781. The summed E-state index contributed by atoms with van der Waals surface area (Å²) < 4.78 is 14.0. The fraction of sp³-hybridized carbons (Fsp3) is 0.727. The first-order valence-electron chi connectivity index (χ1n) is 10.5. The normalized spacial score (nSPS) is 29.8. The number of carbonyl (C=O) groups is 2. The number of rotatable bonds is 7. The maximum atomic E-state index is 13.3. The summed E-state index contributed by atoms with van der Waals surface area (Å²) in [6.45, 7) is 12.4. The minimum absolute atomic E-state index is 0.0105. The Balaban J connectivity index is 2.45. The van der Waals surface area contributed by atoms with Crippen LogP contribution in [-0.2, 0) is 15.7 Å². The summed E-state index contributed by atoms with van der Waals surface area (Å²) in [5.41, 5.74) is 2.31. The van der Waals surface area contributed by atoms with E-state index in [1.54, 1.807) is 0 Å². The van der Waals surface area contributed by atoms with Gasteiger partial charge in [-0.2, -0.15) is 0 Å². The average molecular weight is 483 g/mol. The number of hydrogen-bond acceptors (Lipinski definition) is 4. The standard InChI is InChI=1S/C14H20O4.2C4H9.Sn/c1-7(2)5-10-6-8(3)9(4)11(13(15)16)12(10)14(17)18;2*1-3-4-2;/h5-6,9-12H,1-4H3,(H,15,16)(H,17,18);2*1,3-4H2,2H3;/q;;;+2/p-2. The number of unbranched alkanes of at least 4 members (excludes halogenated alkanes) is 2. The van der Waals surface area contributed by atoms with E-state index in [1.807, 2.05) is 20.8 Å². The molecule has 0 saturated carbocycles. The molecule has 5 heteroatoms. The fourth-order valence-corrected chi connectivity index (χ4v) is 14.3. The molecule has 0 amide bonds. The first-order chi connectivity index (χ1) is 12.7. The van der Waals surface area contributed by atoms with E-state index >= 15 is 0 Å². The van der Waals surface area contributed by atoms with Crippen LogP contribution in [0.3, 0.4) is 0 Å². The van der Waals surface area contributed by atoms with Crippen LogP contribution in [-0.4, -0.2) is 31.1 Å². The molecular weight excluding hydrogens is 447 g/mol. The van der Waals surface area contributed by atoms with Gasteiger partial charge in [-0.3, -0.25) is 0 Å². The molecule has 1 saturated heterocycles. The molecule has 1 aliphatic heterocycles. The van der Waals surface area contributed by atoms with Crippen LogP contribution in [0.4, 0.5) is 0 Å². The first-order valence-corrected chi connectivity index (χ1v) is 16.9. The Morgan fingerprint density at radius 1 is 1.04 bits per heavy atom. The van der Waals surface area contributed by atoms with Gasteiger partial charge in [0.2, 0.25) is 0 Å². The first kappa shape index (κ1) is 22.5. The zero-order valence-corrected chi connectivity index (χ0v) is 20.7. The van der Waals surface area contributed by atoms with E-state index in [0.29, 0.717) is 0 Å². The van der Waals surface area contributed by atoms with E-state index < -0.39 is 31.0 Å². The zero-order chi connectivity index (χ0) is 20.2. The summed E-state index contributed by atoms with van der Waals surface area (Å²) in [5, 5.41) is 0. The molecule has 2 rings (SSSR count). The van der Waals surface area contributed by atoms with Gasteiger partial charge >= 0.3 is 170 Å². The van der Waals surface area contributed by atoms with E-state index in [2.05, 4.69) is 32.9 Å². The van der Waals surface area contributed by atoms with Crippen LogP contribution < -0.4 is 0 Å². The Bertz CT molecular complexity index is 610. The summed E-state index contributed by atoms with van der Waals surface area (Å²) in [5.74, 6) is -1.32. The van der Waals surface area contributed by atoms with Crippen molar-refractivity contribution in [2.24, 2.45) is 23.7 Å². The van der Waals surface area contributed by atoms with Crippen LogP contribution in [0.15, 0.2) is 23.3 Å².